The van der Waals surface area contributed by atoms with Gasteiger partial charge >= 0.3 is 0 Å². The minimum absolute atomic E-state index is 0.123. The molecule has 32 heavy (non-hydrogen) atoms. The molecule has 2 N–H and O–H groups in total. The molecule has 0 radical (unpaired) electrons. The van der Waals surface area contributed by atoms with Gasteiger partial charge in [-0.2, -0.15) is 0 Å². The van der Waals surface area contributed by atoms with Crippen molar-refractivity contribution >= 4 is 35.0 Å². The van der Waals surface area contributed by atoms with Gasteiger partial charge < -0.3 is 25.0 Å². The summed E-state index contributed by atoms with van der Waals surface area (Å²) < 4.78 is 1.73. The molecule has 5 rings (SSSR count). The molecule has 0 aromatic carbocycles. The lowest BCUT2D eigenvalue weighted by Gasteiger charge is -2.29. The maximum Gasteiger partial charge on any atom is 0.271 e. The fraction of sp³-hybridized carbons (Fsp3) is 0.455. The molecule has 168 valence electrons. The normalized spacial score (nSPS) is 27.0. The molecule has 0 bridgehead atoms. The third kappa shape index (κ3) is 3.58. The van der Waals surface area contributed by atoms with Crippen molar-refractivity contribution in [3.05, 3.63) is 46.4 Å². The van der Waals surface area contributed by atoms with Gasteiger partial charge in [-0.3, -0.25) is 19.2 Å². The largest absolute Gasteiger partial charge is 0.351 e. The molecule has 9 nitrogen and oxygen atoms in total. The number of nitrogens with one attached hydrogen (secondary N) is 2. The molecule has 4 atom stereocenters. The van der Waals surface area contributed by atoms with E-state index in [2.05, 4.69) is 10.6 Å². The van der Waals surface area contributed by atoms with Gasteiger partial charge in [0, 0.05) is 37.3 Å². The van der Waals surface area contributed by atoms with Crippen LogP contribution < -0.4 is 10.6 Å². The monoisotopic (exact) mass is 455 g/mol. The summed E-state index contributed by atoms with van der Waals surface area (Å²) >= 11 is 1.52. The molecule has 3 aliphatic heterocycles. The van der Waals surface area contributed by atoms with E-state index < -0.39 is 18.1 Å². The van der Waals surface area contributed by atoms with Crippen LogP contribution in [0, 0.1) is 0 Å². The Balaban J connectivity index is 1.32. The topological polar surface area (TPSA) is 104 Å². The molecule has 0 unspecified atom stereocenters. The third-order valence-electron chi connectivity index (χ3n) is 6.57. The molecule has 2 aromatic rings. The van der Waals surface area contributed by atoms with Crippen molar-refractivity contribution in [2.45, 2.75) is 43.4 Å². The van der Waals surface area contributed by atoms with Gasteiger partial charge in [0.1, 0.15) is 17.8 Å². The lowest BCUT2D eigenvalue weighted by atomic mass is 10.1. The molecule has 10 heteroatoms. The van der Waals surface area contributed by atoms with Gasteiger partial charge in [-0.05, 0) is 36.4 Å². The van der Waals surface area contributed by atoms with Crippen molar-refractivity contribution in [1.29, 1.82) is 0 Å². The minimum Gasteiger partial charge on any atom is -0.351 e. The average Bonchev–Trinajstić information content (AvgIpc) is 3.53. The first kappa shape index (κ1) is 20.7. The molecule has 3 fully saturated rings. The van der Waals surface area contributed by atoms with E-state index in [1.807, 2.05) is 17.5 Å². The van der Waals surface area contributed by atoms with Crippen LogP contribution >= 0.6 is 11.3 Å². The number of carbonyl (C=O) groups excluding carboxylic acids is 4. The van der Waals surface area contributed by atoms with Crippen LogP contribution in [0.25, 0.3) is 0 Å². The lowest BCUT2D eigenvalue weighted by Crippen LogP contribution is -2.52. The Morgan fingerprint density at radius 1 is 1.25 bits per heavy atom. The van der Waals surface area contributed by atoms with Crippen LogP contribution in [0.2, 0.25) is 0 Å². The maximum atomic E-state index is 13.5. The molecule has 3 saturated heterocycles. The number of nitrogens with zero attached hydrogens (tertiary/aromatic N) is 3. The first-order valence-corrected chi connectivity index (χ1v) is 11.6. The van der Waals surface area contributed by atoms with Crippen molar-refractivity contribution in [1.82, 2.24) is 25.0 Å². The molecular formula is C22H25N5O4S. The summed E-state index contributed by atoms with van der Waals surface area (Å²) in [5, 5.41) is 7.88. The number of hydrogen-bond acceptors (Lipinski definition) is 5. The number of amides is 4. The quantitative estimate of drug-likeness (QED) is 0.684. The number of likely N-dealkylation sites (tertiary alicyclic amines) is 1. The second-order valence-electron chi connectivity index (χ2n) is 8.61. The average molecular weight is 456 g/mol. The first-order chi connectivity index (χ1) is 15.4. The van der Waals surface area contributed by atoms with Gasteiger partial charge in [-0.1, -0.05) is 6.07 Å². The summed E-state index contributed by atoms with van der Waals surface area (Å²) in [7, 11) is 1.79. The van der Waals surface area contributed by atoms with E-state index >= 15 is 0 Å². The van der Waals surface area contributed by atoms with Gasteiger partial charge in [0.2, 0.25) is 17.7 Å². The Kier molecular flexibility index (Phi) is 5.24. The number of aryl methyl sites for hydroxylation is 1. The highest BCUT2D eigenvalue weighted by Gasteiger charge is 2.52. The van der Waals surface area contributed by atoms with Crippen LogP contribution in [0.1, 0.15) is 28.2 Å². The van der Waals surface area contributed by atoms with Gasteiger partial charge in [-0.25, -0.2) is 0 Å². The molecule has 5 heterocycles. The second kappa shape index (κ2) is 8.09. The zero-order valence-corrected chi connectivity index (χ0v) is 18.5. The van der Waals surface area contributed by atoms with Crippen LogP contribution in [0.15, 0.2) is 35.8 Å². The number of thiophene rings is 1. The SMILES string of the molecule is Cn1cccc1C(=O)N1CC[C@@H]2NC(=O)[C@H]3C[C@H](NC(=O)Cc4cccs4)CN3C(=O)[C@H]21. The summed E-state index contributed by atoms with van der Waals surface area (Å²) in [6.07, 6.45) is 2.98. The Bertz CT molecular complexity index is 1060. The van der Waals surface area contributed by atoms with Crippen molar-refractivity contribution in [3.63, 3.8) is 0 Å². The molecule has 0 saturated carbocycles. The Hall–Kier alpha value is -3.14. The maximum absolute atomic E-state index is 13.5. The van der Waals surface area contributed by atoms with E-state index in [1.165, 1.54) is 11.3 Å². The molecular weight excluding hydrogens is 430 g/mol. The molecule has 0 aliphatic carbocycles. The Morgan fingerprint density at radius 2 is 2.09 bits per heavy atom. The minimum atomic E-state index is -0.730. The van der Waals surface area contributed by atoms with Gasteiger partial charge in [-0.15, -0.1) is 11.3 Å². The number of aromatic nitrogens is 1. The van der Waals surface area contributed by atoms with Crippen LogP contribution in [0.5, 0.6) is 0 Å². The number of rotatable bonds is 4. The van der Waals surface area contributed by atoms with Gasteiger partial charge in [0.15, 0.2) is 0 Å². The van der Waals surface area contributed by atoms with Crippen molar-refractivity contribution in [2.24, 2.45) is 7.05 Å². The van der Waals surface area contributed by atoms with Crippen LogP contribution in [-0.2, 0) is 27.9 Å². The highest BCUT2D eigenvalue weighted by molar-refractivity contribution is 7.10. The van der Waals surface area contributed by atoms with Gasteiger partial charge in [0.05, 0.1) is 12.5 Å². The molecule has 4 amide bonds. The summed E-state index contributed by atoms with van der Waals surface area (Å²) in [5.41, 5.74) is 0.505. The van der Waals surface area contributed by atoms with Crippen molar-refractivity contribution in [2.75, 3.05) is 13.1 Å². The third-order valence-corrected chi connectivity index (χ3v) is 7.45. The molecule has 0 spiro atoms. The predicted molar refractivity (Wildman–Crippen MR) is 117 cm³/mol. The zero-order chi connectivity index (χ0) is 22.4. The zero-order valence-electron chi connectivity index (χ0n) is 17.7. The predicted octanol–water partition coefficient (Wildman–Crippen LogP) is 0.128. The summed E-state index contributed by atoms with van der Waals surface area (Å²) in [4.78, 5) is 56.1. The number of hydrogen-bond donors (Lipinski definition) is 2. The van der Waals surface area contributed by atoms with Crippen molar-refractivity contribution in [3.8, 4) is 0 Å². The first-order valence-electron chi connectivity index (χ1n) is 10.8. The van der Waals surface area contributed by atoms with E-state index in [0.29, 0.717) is 25.1 Å². The number of fused-ring (bicyclic) bond motifs is 2. The Labute approximate surface area is 189 Å². The van der Waals surface area contributed by atoms with E-state index in [-0.39, 0.29) is 42.6 Å². The smallest absolute Gasteiger partial charge is 0.271 e. The lowest BCUT2D eigenvalue weighted by molar-refractivity contribution is -0.138. The summed E-state index contributed by atoms with van der Waals surface area (Å²) in [6.45, 7) is 0.674. The standard InChI is InChI=1S/C22H25N5O4S/c1-25-7-2-5-16(25)21(30)26-8-6-15-19(26)22(31)27-12-13(10-17(27)20(29)24-15)23-18(28)11-14-4-3-9-32-14/h2-5,7,9,13,15,17,19H,6,8,10-12H2,1H3,(H,23,28)(H,24,29)/t13-,15-,17+,19-/m0/s1. The molecule has 3 aliphatic rings. The van der Waals surface area contributed by atoms with Crippen molar-refractivity contribution < 1.29 is 19.2 Å². The van der Waals surface area contributed by atoms with E-state index in [9.17, 15) is 19.2 Å². The van der Waals surface area contributed by atoms with E-state index in [1.54, 1.807) is 39.7 Å². The van der Waals surface area contributed by atoms with Crippen LogP contribution in [0.3, 0.4) is 0 Å². The van der Waals surface area contributed by atoms with Gasteiger partial charge in [0.25, 0.3) is 5.91 Å². The van der Waals surface area contributed by atoms with E-state index in [4.69, 9.17) is 0 Å². The number of carbonyl (C=O) groups is 4. The fourth-order valence-electron chi connectivity index (χ4n) is 5.04. The Morgan fingerprint density at radius 3 is 2.81 bits per heavy atom. The highest BCUT2D eigenvalue weighted by Crippen LogP contribution is 2.30. The summed E-state index contributed by atoms with van der Waals surface area (Å²) in [5.74, 6) is -0.782. The van der Waals surface area contributed by atoms with E-state index in [0.717, 1.165) is 4.88 Å². The van der Waals surface area contributed by atoms with Crippen LogP contribution in [-0.4, -0.2) is 75.3 Å². The fourth-order valence-corrected chi connectivity index (χ4v) is 5.74. The molecule has 2 aromatic heterocycles. The van der Waals surface area contributed by atoms with Crippen LogP contribution in [0.4, 0.5) is 0 Å². The summed E-state index contributed by atoms with van der Waals surface area (Å²) in [6, 6.07) is 5.27. The second-order valence-corrected chi connectivity index (χ2v) is 9.65. The highest BCUT2D eigenvalue weighted by atomic mass is 32.1.